The topological polar surface area (TPSA) is 82.3 Å². The molecule has 0 fully saturated rings. The number of nitrogens with two attached hydrogens (primary N) is 1. The molecule has 90 valence electrons. The highest BCUT2D eigenvalue weighted by atomic mass is 16.5. The van der Waals surface area contributed by atoms with Crippen molar-refractivity contribution < 1.29 is 9.47 Å². The van der Waals surface area contributed by atoms with Gasteiger partial charge in [0.1, 0.15) is 0 Å². The fourth-order valence-corrected chi connectivity index (χ4v) is 1.19. The van der Waals surface area contributed by atoms with E-state index in [1.807, 2.05) is 6.92 Å². The van der Waals surface area contributed by atoms with Gasteiger partial charge in [-0.05, 0) is 6.42 Å². The predicted octanol–water partition coefficient (Wildman–Crippen LogP) is 0.643. The monoisotopic (exact) mass is 226 g/mol. The highest BCUT2D eigenvalue weighted by Gasteiger charge is 2.09. The lowest BCUT2D eigenvalue weighted by Gasteiger charge is -2.15. The molecule has 1 rings (SSSR count). The molecule has 0 aliphatic heterocycles. The molecule has 0 aromatic carbocycles. The van der Waals surface area contributed by atoms with Crippen molar-refractivity contribution in [2.45, 2.75) is 19.4 Å². The third-order valence-electron chi connectivity index (χ3n) is 2.21. The van der Waals surface area contributed by atoms with Crippen molar-refractivity contribution in [3.8, 4) is 11.8 Å². The average molecular weight is 226 g/mol. The van der Waals surface area contributed by atoms with Gasteiger partial charge in [-0.15, -0.1) is 0 Å². The molecule has 3 N–H and O–H groups in total. The minimum atomic E-state index is 0.150. The van der Waals surface area contributed by atoms with Crippen molar-refractivity contribution >= 4 is 5.95 Å². The van der Waals surface area contributed by atoms with E-state index in [1.54, 1.807) is 20.3 Å². The molecule has 0 saturated carbocycles. The van der Waals surface area contributed by atoms with Crippen LogP contribution in [0.25, 0.3) is 0 Å². The Hall–Kier alpha value is -1.56. The van der Waals surface area contributed by atoms with Crippen LogP contribution >= 0.6 is 0 Å². The van der Waals surface area contributed by atoms with Crippen molar-refractivity contribution in [1.29, 1.82) is 0 Å². The van der Waals surface area contributed by atoms with E-state index in [-0.39, 0.29) is 6.04 Å². The Morgan fingerprint density at radius 1 is 1.31 bits per heavy atom. The molecular formula is C10H18N4O2. The third kappa shape index (κ3) is 3.23. The summed E-state index contributed by atoms with van der Waals surface area (Å²) in [5.41, 5.74) is 5.59. The Morgan fingerprint density at radius 2 is 1.88 bits per heavy atom. The third-order valence-corrected chi connectivity index (χ3v) is 2.21. The smallest absolute Gasteiger partial charge is 0.229 e. The van der Waals surface area contributed by atoms with E-state index in [1.165, 1.54) is 0 Å². The SMILES string of the molecule is CCC(CN)Nc1nc(OC)cc(OC)n1. The lowest BCUT2D eigenvalue weighted by atomic mass is 10.2. The van der Waals surface area contributed by atoms with Crippen LogP contribution in [0.1, 0.15) is 13.3 Å². The Morgan fingerprint density at radius 3 is 2.25 bits per heavy atom. The van der Waals surface area contributed by atoms with Crippen LogP contribution in [0.5, 0.6) is 11.8 Å². The molecular weight excluding hydrogens is 208 g/mol. The van der Waals surface area contributed by atoms with Crippen LogP contribution in [0, 0.1) is 0 Å². The number of nitrogens with one attached hydrogen (secondary N) is 1. The summed E-state index contributed by atoms with van der Waals surface area (Å²) in [4.78, 5) is 8.31. The molecule has 0 spiro atoms. The molecule has 16 heavy (non-hydrogen) atoms. The molecule has 6 nitrogen and oxygen atoms in total. The van der Waals surface area contributed by atoms with Gasteiger partial charge in [-0.2, -0.15) is 9.97 Å². The van der Waals surface area contributed by atoms with Gasteiger partial charge < -0.3 is 20.5 Å². The molecule has 0 bridgehead atoms. The Labute approximate surface area is 95.2 Å². The summed E-state index contributed by atoms with van der Waals surface area (Å²) in [5, 5.41) is 3.12. The zero-order chi connectivity index (χ0) is 12.0. The highest BCUT2D eigenvalue weighted by Crippen LogP contribution is 2.17. The van der Waals surface area contributed by atoms with Crippen molar-refractivity contribution in [3.63, 3.8) is 0 Å². The maximum Gasteiger partial charge on any atom is 0.229 e. The fraction of sp³-hybridized carbons (Fsp3) is 0.600. The fourth-order valence-electron chi connectivity index (χ4n) is 1.19. The Balaban J connectivity index is 2.85. The number of hydrogen-bond donors (Lipinski definition) is 2. The summed E-state index contributed by atoms with van der Waals surface area (Å²) >= 11 is 0. The number of nitrogens with zero attached hydrogens (tertiary/aromatic N) is 2. The quantitative estimate of drug-likeness (QED) is 0.741. The maximum absolute atomic E-state index is 5.59. The molecule has 0 aliphatic carbocycles. The van der Waals surface area contributed by atoms with Gasteiger partial charge in [0.05, 0.1) is 20.3 Å². The molecule has 1 atom stereocenters. The molecule has 0 amide bonds. The van der Waals surface area contributed by atoms with Crippen molar-refractivity contribution in [3.05, 3.63) is 6.07 Å². The van der Waals surface area contributed by atoms with Gasteiger partial charge in [0.25, 0.3) is 0 Å². The van der Waals surface area contributed by atoms with E-state index in [9.17, 15) is 0 Å². The van der Waals surface area contributed by atoms with Crippen LogP contribution in [0.15, 0.2) is 6.07 Å². The first-order valence-electron chi connectivity index (χ1n) is 5.17. The van der Waals surface area contributed by atoms with E-state index in [0.717, 1.165) is 6.42 Å². The van der Waals surface area contributed by atoms with Gasteiger partial charge in [0.15, 0.2) is 0 Å². The average Bonchev–Trinajstić information content (AvgIpc) is 2.35. The lowest BCUT2D eigenvalue weighted by molar-refractivity contribution is 0.372. The largest absolute Gasteiger partial charge is 0.481 e. The van der Waals surface area contributed by atoms with Crippen LogP contribution in [0.4, 0.5) is 5.95 Å². The molecule has 0 aliphatic rings. The summed E-state index contributed by atoms with van der Waals surface area (Å²) in [6.07, 6.45) is 0.902. The first kappa shape index (κ1) is 12.5. The van der Waals surface area contributed by atoms with Gasteiger partial charge >= 0.3 is 0 Å². The van der Waals surface area contributed by atoms with Crippen LogP contribution in [0.2, 0.25) is 0 Å². The van der Waals surface area contributed by atoms with E-state index < -0.39 is 0 Å². The zero-order valence-electron chi connectivity index (χ0n) is 9.86. The maximum atomic E-state index is 5.59. The Kier molecular flexibility index (Phi) is 4.78. The van der Waals surface area contributed by atoms with Gasteiger partial charge in [0.2, 0.25) is 17.7 Å². The lowest BCUT2D eigenvalue weighted by Crippen LogP contribution is -2.28. The number of ether oxygens (including phenoxy) is 2. The summed E-state index contributed by atoms with van der Waals surface area (Å²) in [6, 6.07) is 1.77. The number of rotatable bonds is 6. The van der Waals surface area contributed by atoms with Crippen LogP contribution in [-0.2, 0) is 0 Å². The molecule has 1 unspecified atom stereocenters. The summed E-state index contributed by atoms with van der Waals surface area (Å²) < 4.78 is 10.1. The Bertz CT molecular complexity index is 306. The first-order chi connectivity index (χ1) is 7.73. The molecule has 0 saturated heterocycles. The van der Waals surface area contributed by atoms with Gasteiger partial charge in [0, 0.05) is 12.6 Å². The van der Waals surface area contributed by atoms with Crippen LogP contribution in [-0.4, -0.2) is 36.8 Å². The molecule has 0 radical (unpaired) electrons. The van der Waals surface area contributed by atoms with Gasteiger partial charge in [-0.3, -0.25) is 0 Å². The van der Waals surface area contributed by atoms with E-state index in [0.29, 0.717) is 24.3 Å². The van der Waals surface area contributed by atoms with E-state index in [4.69, 9.17) is 15.2 Å². The summed E-state index contributed by atoms with van der Waals surface area (Å²) in [5.74, 6) is 1.39. The van der Waals surface area contributed by atoms with Gasteiger partial charge in [-0.25, -0.2) is 0 Å². The van der Waals surface area contributed by atoms with Crippen molar-refractivity contribution in [1.82, 2.24) is 9.97 Å². The van der Waals surface area contributed by atoms with Crippen molar-refractivity contribution in [2.75, 3.05) is 26.1 Å². The minimum Gasteiger partial charge on any atom is -0.481 e. The molecule has 1 aromatic heterocycles. The number of anilines is 1. The normalized spacial score (nSPS) is 12.0. The minimum absolute atomic E-state index is 0.150. The summed E-state index contributed by atoms with van der Waals surface area (Å²) in [7, 11) is 3.09. The van der Waals surface area contributed by atoms with E-state index >= 15 is 0 Å². The van der Waals surface area contributed by atoms with E-state index in [2.05, 4.69) is 15.3 Å². The van der Waals surface area contributed by atoms with Crippen molar-refractivity contribution in [2.24, 2.45) is 5.73 Å². The second kappa shape index (κ2) is 6.12. The summed E-state index contributed by atoms with van der Waals surface area (Å²) in [6.45, 7) is 2.57. The zero-order valence-corrected chi connectivity index (χ0v) is 9.86. The molecule has 1 heterocycles. The number of hydrogen-bond acceptors (Lipinski definition) is 6. The first-order valence-corrected chi connectivity index (χ1v) is 5.17. The second-order valence-electron chi connectivity index (χ2n) is 3.26. The van der Waals surface area contributed by atoms with Gasteiger partial charge in [-0.1, -0.05) is 6.92 Å². The standard InChI is InChI=1S/C10H18N4O2/c1-4-7(6-11)12-10-13-8(15-2)5-9(14-10)16-3/h5,7H,4,6,11H2,1-3H3,(H,12,13,14). The molecule has 1 aromatic rings. The number of methoxy groups -OCH3 is 2. The predicted molar refractivity (Wildman–Crippen MR) is 61.9 cm³/mol. The van der Waals surface area contributed by atoms with Crippen LogP contribution < -0.4 is 20.5 Å². The molecule has 6 heteroatoms. The number of aromatic nitrogens is 2. The van der Waals surface area contributed by atoms with Crippen LogP contribution in [0.3, 0.4) is 0 Å². The second-order valence-corrected chi connectivity index (χ2v) is 3.26. The highest BCUT2D eigenvalue weighted by molar-refractivity contribution is 5.34.